The third-order valence-corrected chi connectivity index (χ3v) is 7.12. The molecule has 7 nitrogen and oxygen atoms in total. The van der Waals surface area contributed by atoms with Crippen molar-refractivity contribution in [3.8, 4) is 11.5 Å². The van der Waals surface area contributed by atoms with E-state index in [9.17, 15) is 14.7 Å². The van der Waals surface area contributed by atoms with Gasteiger partial charge >= 0.3 is 5.97 Å². The van der Waals surface area contributed by atoms with Crippen molar-refractivity contribution >= 4 is 34.2 Å². The van der Waals surface area contributed by atoms with Gasteiger partial charge in [-0.1, -0.05) is 59.9 Å². The van der Waals surface area contributed by atoms with E-state index in [1.807, 2.05) is 42.5 Å². The summed E-state index contributed by atoms with van der Waals surface area (Å²) in [5.74, 6) is -0.165. The van der Waals surface area contributed by atoms with Crippen molar-refractivity contribution < 1.29 is 19.4 Å². The summed E-state index contributed by atoms with van der Waals surface area (Å²) >= 11 is 1.25. The first-order valence-corrected chi connectivity index (χ1v) is 12.3. The van der Waals surface area contributed by atoms with E-state index < -0.39 is 12.0 Å². The summed E-state index contributed by atoms with van der Waals surface area (Å²) in [4.78, 5) is 32.1. The highest BCUT2D eigenvalue weighted by atomic mass is 32.1. The molecule has 0 fully saturated rings. The lowest BCUT2D eigenvalue weighted by atomic mass is 9.91. The standard InChI is InChI=1S/C28H24N2O5S/c1-4-35-27(33)24-16(2)29-28-30(25(24)20-11-7-9-18-8-5-6-10-19(18)20)26(32)23(36-28)15-17-12-13-21(31)22(14-17)34-3/h5-15,25,31H,4H2,1-3H3/b23-15-. The molecule has 3 aromatic carbocycles. The van der Waals surface area contributed by atoms with Crippen LogP contribution in [0.3, 0.4) is 0 Å². The van der Waals surface area contributed by atoms with E-state index in [-0.39, 0.29) is 17.9 Å². The molecule has 5 rings (SSSR count). The van der Waals surface area contributed by atoms with Crippen LogP contribution in [0.15, 0.2) is 81.7 Å². The molecule has 0 aliphatic carbocycles. The van der Waals surface area contributed by atoms with Crippen LogP contribution >= 0.6 is 11.3 Å². The molecule has 4 aromatic rings. The topological polar surface area (TPSA) is 90.1 Å². The molecule has 8 heteroatoms. The number of nitrogens with zero attached hydrogens (tertiary/aromatic N) is 2. The van der Waals surface area contributed by atoms with Gasteiger partial charge in [0.1, 0.15) is 0 Å². The smallest absolute Gasteiger partial charge is 0.338 e. The summed E-state index contributed by atoms with van der Waals surface area (Å²) in [5, 5.41) is 11.9. The van der Waals surface area contributed by atoms with Crippen LogP contribution in [-0.2, 0) is 9.53 Å². The zero-order chi connectivity index (χ0) is 25.4. The highest BCUT2D eigenvalue weighted by molar-refractivity contribution is 7.07. The maximum Gasteiger partial charge on any atom is 0.338 e. The molecule has 0 spiro atoms. The van der Waals surface area contributed by atoms with Crippen LogP contribution in [0.4, 0.5) is 0 Å². The van der Waals surface area contributed by atoms with Gasteiger partial charge in [0.15, 0.2) is 16.3 Å². The fraction of sp³-hybridized carbons (Fsp3) is 0.179. The van der Waals surface area contributed by atoms with E-state index in [2.05, 4.69) is 4.99 Å². The van der Waals surface area contributed by atoms with Crippen molar-refractivity contribution in [1.82, 2.24) is 4.57 Å². The van der Waals surface area contributed by atoms with Gasteiger partial charge < -0.3 is 14.6 Å². The Hall–Kier alpha value is -4.17. The second kappa shape index (κ2) is 9.47. The van der Waals surface area contributed by atoms with Gasteiger partial charge in [-0.15, -0.1) is 0 Å². The molecule has 1 aliphatic rings. The third-order valence-electron chi connectivity index (χ3n) is 6.14. The third kappa shape index (κ3) is 3.99. The number of benzene rings is 3. The first-order valence-electron chi connectivity index (χ1n) is 11.5. The van der Waals surface area contributed by atoms with E-state index in [0.29, 0.717) is 31.9 Å². The Labute approximate surface area is 210 Å². The van der Waals surface area contributed by atoms with Crippen molar-refractivity contribution in [2.75, 3.05) is 13.7 Å². The van der Waals surface area contributed by atoms with Gasteiger partial charge in [-0.3, -0.25) is 9.36 Å². The molecule has 0 amide bonds. The van der Waals surface area contributed by atoms with Gasteiger partial charge in [0, 0.05) is 0 Å². The number of aromatic hydroxyl groups is 1. The predicted octanol–water partition coefficient (Wildman–Crippen LogP) is 3.67. The number of carbonyl (C=O) groups excluding carboxylic acids is 1. The molecule has 1 unspecified atom stereocenters. The fourth-order valence-corrected chi connectivity index (χ4v) is 5.56. The van der Waals surface area contributed by atoms with Crippen molar-refractivity contribution in [1.29, 1.82) is 0 Å². The molecular formula is C28H24N2O5S. The van der Waals surface area contributed by atoms with Gasteiger partial charge in [-0.2, -0.15) is 0 Å². The lowest BCUT2D eigenvalue weighted by Gasteiger charge is -2.25. The van der Waals surface area contributed by atoms with E-state index in [1.165, 1.54) is 24.5 Å². The molecule has 36 heavy (non-hydrogen) atoms. The number of rotatable bonds is 5. The van der Waals surface area contributed by atoms with Gasteiger partial charge in [-0.05, 0) is 54.0 Å². The largest absolute Gasteiger partial charge is 0.504 e. The van der Waals surface area contributed by atoms with Crippen molar-refractivity contribution in [3.05, 3.63) is 103 Å². The average molecular weight is 501 g/mol. The van der Waals surface area contributed by atoms with Crippen molar-refractivity contribution in [2.45, 2.75) is 19.9 Å². The molecule has 182 valence electrons. The highest BCUT2D eigenvalue weighted by Gasteiger charge is 2.34. The van der Waals surface area contributed by atoms with Gasteiger partial charge in [-0.25, -0.2) is 9.79 Å². The number of phenols is 1. The Bertz CT molecular complexity index is 1710. The van der Waals surface area contributed by atoms with E-state index in [0.717, 1.165) is 16.3 Å². The maximum atomic E-state index is 13.8. The molecule has 1 atom stereocenters. The van der Waals surface area contributed by atoms with Crippen LogP contribution < -0.4 is 19.6 Å². The second-order valence-corrected chi connectivity index (χ2v) is 9.31. The predicted molar refractivity (Wildman–Crippen MR) is 139 cm³/mol. The SMILES string of the molecule is CCOC(=O)C1=C(C)N=c2s/c(=C\c3ccc(O)c(OC)c3)c(=O)n2C1c1cccc2ccccc12. The Balaban J connectivity index is 1.78. The number of esters is 1. The molecule has 0 saturated heterocycles. The number of hydrogen-bond donors (Lipinski definition) is 1. The van der Waals surface area contributed by atoms with E-state index >= 15 is 0 Å². The number of aromatic nitrogens is 1. The molecule has 1 aromatic heterocycles. The minimum atomic E-state index is -0.692. The highest BCUT2D eigenvalue weighted by Crippen LogP contribution is 2.35. The van der Waals surface area contributed by atoms with Crippen LogP contribution in [-0.4, -0.2) is 29.4 Å². The minimum Gasteiger partial charge on any atom is -0.504 e. The maximum absolute atomic E-state index is 13.8. The Kier molecular flexibility index (Phi) is 6.20. The molecule has 2 heterocycles. The number of hydrogen-bond acceptors (Lipinski definition) is 7. The monoisotopic (exact) mass is 500 g/mol. The first-order chi connectivity index (χ1) is 17.4. The zero-order valence-corrected chi connectivity index (χ0v) is 20.8. The number of carbonyl (C=O) groups is 1. The normalized spacial score (nSPS) is 15.5. The molecule has 0 bridgehead atoms. The van der Waals surface area contributed by atoms with Crippen LogP contribution in [0.25, 0.3) is 16.8 Å². The molecule has 0 radical (unpaired) electrons. The Morgan fingerprint density at radius 1 is 1.17 bits per heavy atom. The Morgan fingerprint density at radius 2 is 1.94 bits per heavy atom. The first kappa shape index (κ1) is 23.6. The fourth-order valence-electron chi connectivity index (χ4n) is 4.51. The summed E-state index contributed by atoms with van der Waals surface area (Å²) in [7, 11) is 1.47. The van der Waals surface area contributed by atoms with E-state index in [4.69, 9.17) is 9.47 Å². The van der Waals surface area contributed by atoms with Gasteiger partial charge in [0.05, 0.1) is 35.6 Å². The number of thiazole rings is 1. The summed E-state index contributed by atoms with van der Waals surface area (Å²) < 4.78 is 12.6. The summed E-state index contributed by atoms with van der Waals surface area (Å²) in [6, 6.07) is 17.9. The molecule has 0 saturated carbocycles. The quantitative estimate of drug-likeness (QED) is 0.423. The molecule has 1 aliphatic heterocycles. The summed E-state index contributed by atoms with van der Waals surface area (Å²) in [6.07, 6.45) is 1.73. The average Bonchev–Trinajstić information content (AvgIpc) is 3.18. The van der Waals surface area contributed by atoms with Crippen LogP contribution in [0.1, 0.15) is 31.0 Å². The van der Waals surface area contributed by atoms with Crippen LogP contribution in [0.2, 0.25) is 0 Å². The van der Waals surface area contributed by atoms with Crippen molar-refractivity contribution in [2.24, 2.45) is 4.99 Å². The molecular weight excluding hydrogens is 476 g/mol. The number of allylic oxidation sites excluding steroid dienone is 1. The van der Waals surface area contributed by atoms with E-state index in [1.54, 1.807) is 36.6 Å². The van der Waals surface area contributed by atoms with Crippen LogP contribution in [0.5, 0.6) is 11.5 Å². The number of methoxy groups -OCH3 is 1. The lowest BCUT2D eigenvalue weighted by molar-refractivity contribution is -0.139. The van der Waals surface area contributed by atoms with Crippen molar-refractivity contribution in [3.63, 3.8) is 0 Å². The lowest BCUT2D eigenvalue weighted by Crippen LogP contribution is -2.40. The van der Waals surface area contributed by atoms with Gasteiger partial charge in [0.25, 0.3) is 5.56 Å². The van der Waals surface area contributed by atoms with Gasteiger partial charge in [0.2, 0.25) is 0 Å². The molecule has 1 N–H and O–H groups in total. The number of fused-ring (bicyclic) bond motifs is 2. The van der Waals surface area contributed by atoms with Crippen LogP contribution in [0, 0.1) is 0 Å². The zero-order valence-electron chi connectivity index (χ0n) is 20.0. The number of ether oxygens (including phenoxy) is 2. The Morgan fingerprint density at radius 3 is 2.72 bits per heavy atom. The summed E-state index contributed by atoms with van der Waals surface area (Å²) in [5.41, 5.74) is 2.12. The minimum absolute atomic E-state index is 0.0155. The number of phenolic OH excluding ortho intramolecular Hbond substituents is 1. The second-order valence-electron chi connectivity index (χ2n) is 8.30. The summed E-state index contributed by atoms with van der Waals surface area (Å²) in [6.45, 7) is 3.74.